The zero-order valence-corrected chi connectivity index (χ0v) is 12.0. The molecule has 0 aliphatic carbocycles. The van der Waals surface area contributed by atoms with Gasteiger partial charge in [-0.3, -0.25) is 0 Å². The summed E-state index contributed by atoms with van der Waals surface area (Å²) >= 11 is 8.23. The van der Waals surface area contributed by atoms with E-state index in [2.05, 4.69) is 39.6 Å². The highest BCUT2D eigenvalue weighted by atomic mass is 127. The van der Waals surface area contributed by atoms with Crippen molar-refractivity contribution in [2.24, 2.45) is 0 Å². The van der Waals surface area contributed by atoms with Crippen molar-refractivity contribution < 1.29 is 9.53 Å². The van der Waals surface area contributed by atoms with E-state index in [4.69, 9.17) is 11.6 Å². The fourth-order valence-electron chi connectivity index (χ4n) is 1.16. The predicted octanol–water partition coefficient (Wildman–Crippen LogP) is 3.36. The molecule has 1 aromatic rings. The van der Waals surface area contributed by atoms with Crippen LogP contribution in [0.1, 0.15) is 17.3 Å². The van der Waals surface area contributed by atoms with Crippen molar-refractivity contribution in [3.8, 4) is 0 Å². The van der Waals surface area contributed by atoms with Crippen molar-refractivity contribution in [2.75, 3.05) is 19.0 Å². The molecule has 0 radical (unpaired) electrons. The first-order chi connectivity index (χ1) is 7.54. The van der Waals surface area contributed by atoms with Gasteiger partial charge in [0.05, 0.1) is 17.7 Å². The molecule has 1 atom stereocenters. The van der Waals surface area contributed by atoms with Gasteiger partial charge in [0.2, 0.25) is 0 Å². The average Bonchev–Trinajstić information content (AvgIpc) is 2.27. The Hall–Kier alpha value is -0.490. The number of hydrogen-bond acceptors (Lipinski definition) is 3. The van der Waals surface area contributed by atoms with Gasteiger partial charge in [-0.05, 0) is 18.2 Å². The molecule has 0 spiro atoms. The monoisotopic (exact) mass is 353 g/mol. The molecule has 88 valence electrons. The van der Waals surface area contributed by atoms with Crippen LogP contribution in [0.5, 0.6) is 0 Å². The summed E-state index contributed by atoms with van der Waals surface area (Å²) in [5.41, 5.74) is 1.25. The fraction of sp³-hybridized carbons (Fsp3) is 0.364. The van der Waals surface area contributed by atoms with Crippen LogP contribution in [0.25, 0.3) is 0 Å². The maximum Gasteiger partial charge on any atom is 0.339 e. The van der Waals surface area contributed by atoms with Crippen molar-refractivity contribution >= 4 is 45.8 Å². The molecule has 0 fully saturated rings. The van der Waals surface area contributed by atoms with Crippen LogP contribution in [0, 0.1) is 0 Å². The maximum atomic E-state index is 11.4. The van der Waals surface area contributed by atoms with Gasteiger partial charge < -0.3 is 10.1 Å². The van der Waals surface area contributed by atoms with Crippen LogP contribution in [0.2, 0.25) is 5.02 Å². The Bertz CT molecular complexity index is 382. The Kier molecular flexibility index (Phi) is 5.34. The van der Waals surface area contributed by atoms with Gasteiger partial charge in [0.1, 0.15) is 0 Å². The summed E-state index contributed by atoms with van der Waals surface area (Å²) in [5.74, 6) is -0.420. The number of rotatable bonds is 4. The lowest BCUT2D eigenvalue weighted by atomic mass is 10.2. The molecule has 3 nitrogen and oxygen atoms in total. The van der Waals surface area contributed by atoms with E-state index in [1.807, 2.05) is 6.07 Å². The predicted molar refractivity (Wildman–Crippen MR) is 74.8 cm³/mol. The Morgan fingerprint density at radius 3 is 2.88 bits per heavy atom. The molecule has 0 unspecified atom stereocenters. The van der Waals surface area contributed by atoms with Gasteiger partial charge in [-0.2, -0.15) is 0 Å². The summed E-state index contributed by atoms with van der Waals surface area (Å²) in [4.78, 5) is 11.4. The molecule has 0 aliphatic rings. The normalized spacial score (nSPS) is 12.0. The molecule has 16 heavy (non-hydrogen) atoms. The summed E-state index contributed by atoms with van der Waals surface area (Å²) in [6, 6.07) is 5.23. The van der Waals surface area contributed by atoms with Gasteiger partial charge in [0.25, 0.3) is 0 Å². The summed E-state index contributed by atoms with van der Waals surface area (Å²) in [6.45, 7) is 2.94. The highest BCUT2D eigenvalue weighted by molar-refractivity contribution is 14.1. The van der Waals surface area contributed by atoms with Crippen LogP contribution in [0.4, 0.5) is 5.69 Å². The molecule has 5 heteroatoms. The smallest absolute Gasteiger partial charge is 0.339 e. The second kappa shape index (κ2) is 6.30. The van der Waals surface area contributed by atoms with Crippen LogP contribution in [0.15, 0.2) is 18.2 Å². The first kappa shape index (κ1) is 13.6. The quantitative estimate of drug-likeness (QED) is 0.512. The van der Waals surface area contributed by atoms with E-state index in [-0.39, 0.29) is 0 Å². The molecule has 0 bridgehead atoms. The number of esters is 1. The molecule has 0 saturated heterocycles. The molecule has 0 heterocycles. The topological polar surface area (TPSA) is 38.3 Å². The fourth-order valence-corrected chi connectivity index (χ4v) is 1.58. The number of carbonyl (C=O) groups excluding carboxylic acids is 1. The minimum atomic E-state index is -0.420. The average molecular weight is 354 g/mol. The summed E-state index contributed by atoms with van der Waals surface area (Å²) in [6.07, 6.45) is 0. The number of carbonyl (C=O) groups is 1. The number of nitrogens with one attached hydrogen (secondary N) is 1. The molecule has 1 aromatic carbocycles. The van der Waals surface area contributed by atoms with Crippen molar-refractivity contribution in [1.82, 2.24) is 0 Å². The van der Waals surface area contributed by atoms with Crippen LogP contribution in [-0.4, -0.2) is 23.5 Å². The van der Waals surface area contributed by atoms with Crippen LogP contribution in [0.3, 0.4) is 0 Å². The Morgan fingerprint density at radius 1 is 1.62 bits per heavy atom. The van der Waals surface area contributed by atoms with E-state index < -0.39 is 5.97 Å². The Morgan fingerprint density at radius 2 is 2.31 bits per heavy atom. The number of halogens is 2. The second-order valence-corrected chi connectivity index (χ2v) is 5.88. The zero-order chi connectivity index (χ0) is 12.1. The first-order valence-corrected chi connectivity index (χ1v) is 6.42. The largest absolute Gasteiger partial charge is 0.465 e. The highest BCUT2D eigenvalue weighted by Gasteiger charge is 2.11. The minimum absolute atomic E-state index is 0.385. The highest BCUT2D eigenvalue weighted by Crippen LogP contribution is 2.21. The molecular weight excluding hydrogens is 340 g/mol. The zero-order valence-electron chi connectivity index (χ0n) is 9.09. The maximum absolute atomic E-state index is 11.4. The van der Waals surface area contributed by atoms with E-state index >= 15 is 0 Å². The van der Waals surface area contributed by atoms with Crippen molar-refractivity contribution in [2.45, 2.75) is 10.8 Å². The number of ether oxygens (including phenoxy) is 1. The number of anilines is 1. The molecule has 0 amide bonds. The number of benzene rings is 1. The van der Waals surface area contributed by atoms with E-state index in [9.17, 15) is 4.79 Å². The van der Waals surface area contributed by atoms with E-state index in [1.165, 1.54) is 7.11 Å². The van der Waals surface area contributed by atoms with Crippen LogP contribution < -0.4 is 5.32 Å². The third-order valence-corrected chi connectivity index (χ3v) is 2.73. The Labute approximate surface area is 114 Å². The second-order valence-electron chi connectivity index (χ2n) is 3.35. The lowest BCUT2D eigenvalue weighted by Gasteiger charge is -2.10. The van der Waals surface area contributed by atoms with E-state index in [0.29, 0.717) is 14.5 Å². The number of hydrogen-bond donors (Lipinski definition) is 1. The molecule has 1 rings (SSSR count). The first-order valence-electron chi connectivity index (χ1n) is 4.80. The Balaban J connectivity index is 2.85. The summed E-state index contributed by atoms with van der Waals surface area (Å²) < 4.78 is 5.15. The molecule has 0 aromatic heterocycles. The molecule has 0 saturated carbocycles. The van der Waals surface area contributed by atoms with Gasteiger partial charge in [0, 0.05) is 16.2 Å². The van der Waals surface area contributed by atoms with Gasteiger partial charge >= 0.3 is 5.97 Å². The molecule has 1 N–H and O–H groups in total. The molecular formula is C11H13ClINO2. The molecule has 0 aliphatic heterocycles. The van der Waals surface area contributed by atoms with Gasteiger partial charge in [-0.15, -0.1) is 0 Å². The number of alkyl halides is 1. The summed E-state index contributed by atoms with van der Waals surface area (Å²) in [7, 11) is 1.34. The lowest BCUT2D eigenvalue weighted by Crippen LogP contribution is -2.11. The van der Waals surface area contributed by atoms with Crippen molar-refractivity contribution in [3.63, 3.8) is 0 Å². The lowest BCUT2D eigenvalue weighted by molar-refractivity contribution is 0.0601. The van der Waals surface area contributed by atoms with Crippen molar-refractivity contribution in [1.29, 1.82) is 0 Å². The van der Waals surface area contributed by atoms with Gasteiger partial charge in [-0.1, -0.05) is 41.1 Å². The van der Waals surface area contributed by atoms with E-state index in [1.54, 1.807) is 12.1 Å². The van der Waals surface area contributed by atoms with Crippen LogP contribution in [-0.2, 0) is 4.74 Å². The minimum Gasteiger partial charge on any atom is -0.465 e. The third kappa shape index (κ3) is 3.83. The van der Waals surface area contributed by atoms with Gasteiger partial charge in [0.15, 0.2) is 0 Å². The van der Waals surface area contributed by atoms with Crippen molar-refractivity contribution in [3.05, 3.63) is 28.8 Å². The van der Waals surface area contributed by atoms with E-state index in [0.717, 1.165) is 12.2 Å². The summed E-state index contributed by atoms with van der Waals surface area (Å²) in [5, 5.41) is 3.62. The SMILES string of the molecule is COC(=O)c1cc(NC[C@H](C)I)ccc1Cl. The standard InChI is InChI=1S/C11H13ClINO2/c1-7(13)6-14-8-3-4-10(12)9(5-8)11(15)16-2/h3-5,7,14H,6H2,1-2H3/t7-/m0/s1. The van der Waals surface area contributed by atoms with Gasteiger partial charge in [-0.25, -0.2) is 4.79 Å². The number of methoxy groups -OCH3 is 1. The van der Waals surface area contributed by atoms with Crippen LogP contribution >= 0.6 is 34.2 Å². The third-order valence-electron chi connectivity index (χ3n) is 1.96.